The van der Waals surface area contributed by atoms with Crippen molar-refractivity contribution in [3.8, 4) is 5.75 Å². The SMILES string of the molecule is CCC(C)C(NC(=O)Cc1ccc(O)c([N+](=O)[O-])c1)C(=O)N[C@@H](CC(C)C)C(=O)N[C@@H](C)C(=O)N[C@@H](CC(=O)O)C(=O)COC(=O)c1c(C)cccc1C. The Morgan fingerprint density at radius 3 is 2.02 bits per heavy atom. The Morgan fingerprint density at radius 2 is 1.46 bits per heavy atom. The average molecular weight is 756 g/mol. The second-order valence-corrected chi connectivity index (χ2v) is 13.6. The van der Waals surface area contributed by atoms with Crippen LogP contribution in [0.3, 0.4) is 0 Å². The summed E-state index contributed by atoms with van der Waals surface area (Å²) in [4.78, 5) is 101. The number of amides is 4. The van der Waals surface area contributed by atoms with Crippen molar-refractivity contribution in [2.24, 2.45) is 11.8 Å². The van der Waals surface area contributed by atoms with E-state index in [0.29, 0.717) is 17.5 Å². The molecule has 0 aliphatic rings. The molecule has 0 radical (unpaired) electrons. The highest BCUT2D eigenvalue weighted by atomic mass is 16.6. The minimum absolute atomic E-state index is 0.121. The Morgan fingerprint density at radius 1 is 0.852 bits per heavy atom. The molecule has 4 amide bonds. The number of nitrogens with one attached hydrogen (secondary N) is 4. The monoisotopic (exact) mass is 755 g/mol. The number of aryl methyl sites for hydroxylation is 2. The molecule has 17 nitrogen and oxygen atoms in total. The van der Waals surface area contributed by atoms with Crippen molar-refractivity contribution < 1.29 is 53.4 Å². The maximum Gasteiger partial charge on any atom is 0.339 e. The Bertz CT molecular complexity index is 1720. The molecule has 54 heavy (non-hydrogen) atoms. The maximum atomic E-state index is 13.6. The van der Waals surface area contributed by atoms with Crippen molar-refractivity contribution in [1.82, 2.24) is 21.3 Å². The number of carbonyl (C=O) groups is 7. The van der Waals surface area contributed by atoms with Crippen LogP contribution in [0.15, 0.2) is 36.4 Å². The fraction of sp³-hybridized carbons (Fsp3) is 0.486. The van der Waals surface area contributed by atoms with Crippen LogP contribution in [-0.2, 0) is 39.9 Å². The van der Waals surface area contributed by atoms with Crippen LogP contribution in [0.5, 0.6) is 5.75 Å². The van der Waals surface area contributed by atoms with Gasteiger partial charge in [0, 0.05) is 6.07 Å². The molecule has 2 aromatic carbocycles. The molecule has 0 aromatic heterocycles. The molecule has 6 N–H and O–H groups in total. The number of phenolic OH excluding ortho intramolecular Hbond substituents is 1. The Hall–Kier alpha value is -5.87. The molecular formula is C37H49N5O12. The number of hydrogen-bond donors (Lipinski definition) is 6. The van der Waals surface area contributed by atoms with Gasteiger partial charge in [-0.2, -0.15) is 0 Å². The van der Waals surface area contributed by atoms with Crippen LogP contribution in [0.25, 0.3) is 0 Å². The number of nitrogens with zero attached hydrogens (tertiary/aromatic N) is 1. The summed E-state index contributed by atoms with van der Waals surface area (Å²) in [5.41, 5.74) is 1.11. The number of rotatable bonds is 20. The molecule has 0 saturated carbocycles. The summed E-state index contributed by atoms with van der Waals surface area (Å²) in [5, 5.41) is 40.3. The summed E-state index contributed by atoms with van der Waals surface area (Å²) in [7, 11) is 0. The molecule has 0 fully saturated rings. The topological polar surface area (TPSA) is 260 Å². The minimum atomic E-state index is -1.60. The van der Waals surface area contributed by atoms with Gasteiger partial charge in [0.05, 0.1) is 23.3 Å². The molecule has 5 atom stereocenters. The Labute approximate surface area is 312 Å². The molecule has 2 rings (SSSR count). The summed E-state index contributed by atoms with van der Waals surface area (Å²) in [5.74, 6) is -7.25. The van der Waals surface area contributed by atoms with E-state index in [4.69, 9.17) is 4.74 Å². The van der Waals surface area contributed by atoms with Gasteiger partial charge in [-0.1, -0.05) is 58.4 Å². The number of nitro groups is 1. The van der Waals surface area contributed by atoms with Crippen LogP contribution in [0.1, 0.15) is 80.9 Å². The number of hydrogen-bond acceptors (Lipinski definition) is 11. The van der Waals surface area contributed by atoms with Crippen molar-refractivity contribution in [3.63, 3.8) is 0 Å². The fourth-order valence-electron chi connectivity index (χ4n) is 5.44. The van der Waals surface area contributed by atoms with Gasteiger partial charge >= 0.3 is 17.6 Å². The number of Topliss-reactive ketones (excluding diaryl/α,β-unsaturated/α-hetero) is 1. The number of carboxylic acid groups (broad SMARTS) is 1. The third kappa shape index (κ3) is 13.3. The van der Waals surface area contributed by atoms with Gasteiger partial charge in [0.25, 0.3) is 0 Å². The van der Waals surface area contributed by atoms with E-state index in [2.05, 4.69) is 21.3 Å². The number of carbonyl (C=O) groups excluding carboxylic acids is 6. The first-order valence-electron chi connectivity index (χ1n) is 17.4. The highest BCUT2D eigenvalue weighted by Gasteiger charge is 2.33. The molecule has 17 heteroatoms. The van der Waals surface area contributed by atoms with Gasteiger partial charge in [-0.15, -0.1) is 0 Å². The number of benzene rings is 2. The van der Waals surface area contributed by atoms with Gasteiger partial charge in [0.15, 0.2) is 18.1 Å². The van der Waals surface area contributed by atoms with Crippen LogP contribution >= 0.6 is 0 Å². The number of esters is 1. The highest BCUT2D eigenvalue weighted by Crippen LogP contribution is 2.26. The number of carboxylic acids is 1. The Balaban J connectivity index is 2.13. The van der Waals surface area contributed by atoms with Crippen LogP contribution in [0, 0.1) is 35.8 Å². The molecule has 0 bridgehead atoms. The van der Waals surface area contributed by atoms with Crippen molar-refractivity contribution in [3.05, 3.63) is 68.8 Å². The zero-order chi connectivity index (χ0) is 40.9. The number of phenols is 1. The van der Waals surface area contributed by atoms with Crippen LogP contribution in [0.2, 0.25) is 0 Å². The standard InChI is InChI=1S/C37H49N5O12/c1-8-20(4)33(41-30(45)16-24-12-13-28(43)27(15-24)42(52)53)36(50)40-26(14-19(2)3)35(49)38-23(7)34(48)39-25(17-31(46)47)29(44)18-54-37(51)32-21(5)10-9-11-22(32)6/h9-13,15,19-20,23,25-26,33,43H,8,14,16-18H2,1-7H3,(H,38,49)(H,39,48)(H,40,50)(H,41,45)(H,46,47)/t20?,23-,25-,26-,33?/m0/s1. The van der Waals surface area contributed by atoms with Gasteiger partial charge in [-0.3, -0.25) is 38.9 Å². The smallest absolute Gasteiger partial charge is 0.339 e. The van der Waals surface area contributed by atoms with Crippen molar-refractivity contribution >= 4 is 47.0 Å². The van der Waals surface area contributed by atoms with Gasteiger partial charge < -0.3 is 36.2 Å². The third-order valence-corrected chi connectivity index (χ3v) is 8.62. The first-order chi connectivity index (χ1) is 25.2. The molecule has 0 spiro atoms. The number of ether oxygens (including phenoxy) is 1. The maximum absolute atomic E-state index is 13.6. The largest absolute Gasteiger partial charge is 0.502 e. The lowest BCUT2D eigenvalue weighted by Gasteiger charge is -2.28. The van der Waals surface area contributed by atoms with E-state index in [1.807, 2.05) is 0 Å². The number of aromatic hydroxyl groups is 1. The van der Waals surface area contributed by atoms with Crippen molar-refractivity contribution in [2.45, 2.75) is 98.3 Å². The average Bonchev–Trinajstić information content (AvgIpc) is 3.08. The summed E-state index contributed by atoms with van der Waals surface area (Å²) in [6, 6.07) is 3.38. The van der Waals surface area contributed by atoms with E-state index >= 15 is 0 Å². The Kier molecular flexibility index (Phi) is 16.7. The predicted octanol–water partition coefficient (Wildman–Crippen LogP) is 2.41. The van der Waals surface area contributed by atoms with E-state index in [1.54, 1.807) is 59.7 Å². The van der Waals surface area contributed by atoms with Gasteiger partial charge in [0.1, 0.15) is 24.2 Å². The minimum Gasteiger partial charge on any atom is -0.502 e. The molecular weight excluding hydrogens is 706 g/mol. The third-order valence-electron chi connectivity index (χ3n) is 8.62. The van der Waals surface area contributed by atoms with Crippen LogP contribution in [-0.4, -0.2) is 87.3 Å². The van der Waals surface area contributed by atoms with E-state index in [1.165, 1.54) is 13.0 Å². The quantitative estimate of drug-likeness (QED) is 0.0647. The second kappa shape index (κ2) is 20.4. The lowest BCUT2D eigenvalue weighted by Crippen LogP contribution is -2.58. The molecule has 294 valence electrons. The summed E-state index contributed by atoms with van der Waals surface area (Å²) in [6.07, 6.45) is -0.604. The second-order valence-electron chi connectivity index (χ2n) is 13.6. The molecule has 0 aliphatic carbocycles. The number of aliphatic carboxylic acids is 1. The normalized spacial score (nSPS) is 13.7. The highest BCUT2D eigenvalue weighted by molar-refractivity contribution is 5.98. The van der Waals surface area contributed by atoms with Gasteiger partial charge in [-0.25, -0.2) is 4.79 Å². The zero-order valence-corrected chi connectivity index (χ0v) is 31.4. The molecule has 0 saturated heterocycles. The zero-order valence-electron chi connectivity index (χ0n) is 31.4. The lowest BCUT2D eigenvalue weighted by molar-refractivity contribution is -0.385. The van der Waals surface area contributed by atoms with Gasteiger partial charge in [-0.05, 0) is 61.8 Å². The van der Waals surface area contributed by atoms with E-state index in [0.717, 1.165) is 12.1 Å². The molecule has 0 heterocycles. The summed E-state index contributed by atoms with van der Waals surface area (Å²) < 4.78 is 5.14. The number of nitro benzene ring substituents is 1. The lowest BCUT2D eigenvalue weighted by atomic mass is 9.96. The van der Waals surface area contributed by atoms with Crippen molar-refractivity contribution in [2.75, 3.05) is 6.61 Å². The first kappa shape index (κ1) is 44.3. The van der Waals surface area contributed by atoms with E-state index < -0.39 is 101 Å². The van der Waals surface area contributed by atoms with Gasteiger partial charge in [0.2, 0.25) is 23.6 Å². The molecule has 0 aliphatic heterocycles. The van der Waals surface area contributed by atoms with E-state index in [-0.39, 0.29) is 29.9 Å². The molecule has 2 aromatic rings. The fourth-order valence-corrected chi connectivity index (χ4v) is 5.44. The van der Waals surface area contributed by atoms with E-state index in [9.17, 15) is 53.9 Å². The van der Waals surface area contributed by atoms with Crippen LogP contribution < -0.4 is 21.3 Å². The molecule has 2 unspecified atom stereocenters. The summed E-state index contributed by atoms with van der Waals surface area (Å²) in [6.45, 7) is 10.9. The van der Waals surface area contributed by atoms with Crippen LogP contribution in [0.4, 0.5) is 5.69 Å². The summed E-state index contributed by atoms with van der Waals surface area (Å²) >= 11 is 0. The van der Waals surface area contributed by atoms with Crippen molar-refractivity contribution in [1.29, 1.82) is 0 Å². The first-order valence-corrected chi connectivity index (χ1v) is 17.4. The predicted molar refractivity (Wildman–Crippen MR) is 194 cm³/mol. The number of ketones is 1.